The average molecular weight is 450 g/mol. The molecule has 0 aliphatic heterocycles. The number of hydrogen-bond acceptors (Lipinski definition) is 1. The molecule has 0 spiro atoms. The fourth-order valence-electron chi connectivity index (χ4n) is 5.71. The third-order valence-corrected chi connectivity index (χ3v) is 8.34. The van der Waals surface area contributed by atoms with Crippen molar-refractivity contribution >= 4 is 74.9 Å². The summed E-state index contributed by atoms with van der Waals surface area (Å²) in [7, 11) is 0. The summed E-state index contributed by atoms with van der Waals surface area (Å²) in [5, 5.41) is 10.6. The van der Waals surface area contributed by atoms with Gasteiger partial charge in [0, 0.05) is 31.9 Å². The second kappa shape index (κ2) is 6.69. The largest absolute Gasteiger partial charge is 0.308 e. The highest BCUT2D eigenvalue weighted by Crippen LogP contribution is 2.46. The zero-order valence-corrected chi connectivity index (χ0v) is 19.1. The Morgan fingerprint density at radius 1 is 0.471 bits per heavy atom. The minimum atomic E-state index is 1.20. The van der Waals surface area contributed by atoms with Gasteiger partial charge in [-0.25, -0.2) is 0 Å². The van der Waals surface area contributed by atoms with Crippen LogP contribution in [0.3, 0.4) is 0 Å². The Bertz CT molecular complexity index is 2060. The first-order chi connectivity index (χ1) is 16.9. The maximum Gasteiger partial charge on any atom is 0.0719 e. The highest BCUT2D eigenvalue weighted by Gasteiger charge is 2.19. The van der Waals surface area contributed by atoms with Crippen molar-refractivity contribution in [3.8, 4) is 5.69 Å². The maximum atomic E-state index is 2.47. The summed E-state index contributed by atoms with van der Waals surface area (Å²) < 4.78 is 5.17. The van der Waals surface area contributed by atoms with Crippen molar-refractivity contribution in [1.29, 1.82) is 0 Å². The number of nitrogens with zero attached hydrogens (tertiary/aromatic N) is 1. The summed E-state index contributed by atoms with van der Waals surface area (Å²) in [6, 6.07) is 42.1. The lowest BCUT2D eigenvalue weighted by atomic mass is 10.0. The highest BCUT2D eigenvalue weighted by atomic mass is 32.1. The van der Waals surface area contributed by atoms with Crippen LogP contribution in [0.25, 0.3) is 69.2 Å². The first kappa shape index (κ1) is 18.3. The molecule has 2 aromatic heterocycles. The van der Waals surface area contributed by atoms with Gasteiger partial charge in [0.2, 0.25) is 0 Å². The van der Waals surface area contributed by atoms with E-state index in [1.165, 1.54) is 69.2 Å². The van der Waals surface area contributed by atoms with Crippen LogP contribution in [-0.4, -0.2) is 4.57 Å². The number of thiophene rings is 1. The maximum absolute atomic E-state index is 2.47. The van der Waals surface area contributed by atoms with Crippen LogP contribution in [-0.2, 0) is 0 Å². The second-order valence-electron chi connectivity index (χ2n) is 8.95. The molecule has 0 N–H and O–H groups in total. The minimum absolute atomic E-state index is 1.20. The number of fused-ring (bicyclic) bond motifs is 11. The first-order valence-electron chi connectivity index (χ1n) is 11.6. The normalized spacial score (nSPS) is 12.1. The lowest BCUT2D eigenvalue weighted by Gasteiger charge is -2.08. The molecule has 0 bridgehead atoms. The molecule has 2 heterocycles. The van der Waals surface area contributed by atoms with Gasteiger partial charge in [-0.3, -0.25) is 0 Å². The summed E-state index contributed by atoms with van der Waals surface area (Å²) in [5.74, 6) is 0. The summed E-state index contributed by atoms with van der Waals surface area (Å²) in [6.45, 7) is 0. The van der Waals surface area contributed by atoms with Crippen molar-refractivity contribution in [2.75, 3.05) is 0 Å². The molecule has 0 radical (unpaired) electrons. The van der Waals surface area contributed by atoms with Crippen LogP contribution >= 0.6 is 11.3 Å². The lowest BCUT2D eigenvalue weighted by molar-refractivity contribution is 1.19. The van der Waals surface area contributed by atoms with Gasteiger partial charge in [-0.05, 0) is 45.8 Å². The zero-order valence-electron chi connectivity index (χ0n) is 18.3. The van der Waals surface area contributed by atoms with Gasteiger partial charge in [0.25, 0.3) is 0 Å². The Hall–Kier alpha value is -4.14. The minimum Gasteiger partial charge on any atom is -0.308 e. The number of aromatic nitrogens is 1. The second-order valence-corrected chi connectivity index (χ2v) is 10.0. The Morgan fingerprint density at radius 2 is 1.12 bits per heavy atom. The molecule has 34 heavy (non-hydrogen) atoms. The van der Waals surface area contributed by atoms with E-state index < -0.39 is 0 Å². The third-order valence-electron chi connectivity index (χ3n) is 7.16. The Morgan fingerprint density at radius 3 is 1.91 bits per heavy atom. The molecule has 0 aliphatic rings. The van der Waals surface area contributed by atoms with E-state index in [1.54, 1.807) is 0 Å². The van der Waals surface area contributed by atoms with Gasteiger partial charge in [0.15, 0.2) is 0 Å². The molecule has 0 fully saturated rings. The van der Waals surface area contributed by atoms with Crippen LogP contribution < -0.4 is 0 Å². The quantitative estimate of drug-likeness (QED) is 0.235. The third kappa shape index (κ3) is 2.33. The highest BCUT2D eigenvalue weighted by molar-refractivity contribution is 7.26. The van der Waals surface area contributed by atoms with Gasteiger partial charge in [0.05, 0.1) is 15.7 Å². The number of hydrogen-bond donors (Lipinski definition) is 0. The monoisotopic (exact) mass is 449 g/mol. The van der Waals surface area contributed by atoms with Gasteiger partial charge in [0.1, 0.15) is 0 Å². The molecule has 2 heteroatoms. The summed E-state index contributed by atoms with van der Waals surface area (Å²) >= 11 is 1.91. The molecule has 158 valence electrons. The van der Waals surface area contributed by atoms with Gasteiger partial charge >= 0.3 is 0 Å². The molecule has 0 saturated carbocycles. The van der Waals surface area contributed by atoms with Crippen LogP contribution in [0.1, 0.15) is 0 Å². The Balaban J connectivity index is 1.67. The smallest absolute Gasteiger partial charge is 0.0719 e. The van der Waals surface area contributed by atoms with E-state index in [-0.39, 0.29) is 0 Å². The Kier molecular flexibility index (Phi) is 3.60. The first-order valence-corrected chi connectivity index (χ1v) is 12.4. The van der Waals surface area contributed by atoms with Gasteiger partial charge in [-0.2, -0.15) is 0 Å². The number of para-hydroxylation sites is 1. The summed E-state index contributed by atoms with van der Waals surface area (Å²) in [5.41, 5.74) is 3.77. The van der Waals surface area contributed by atoms with Gasteiger partial charge < -0.3 is 4.57 Å². The standard InChI is InChI=1S/C32H19NS/c1-2-10-22(11-3-1)33-27-18-14-20-8-4-6-12-23(20)29(27)25-16-17-26-30-24-13-7-5-9-21(24)15-19-28(30)34-32(26)31(25)33/h1-19H. The van der Waals surface area contributed by atoms with Crippen molar-refractivity contribution < 1.29 is 0 Å². The summed E-state index contributed by atoms with van der Waals surface area (Å²) in [4.78, 5) is 0. The predicted molar refractivity (Wildman–Crippen MR) is 149 cm³/mol. The van der Waals surface area contributed by atoms with Crippen LogP contribution in [0, 0.1) is 0 Å². The molecule has 8 aromatic rings. The van der Waals surface area contributed by atoms with Crippen molar-refractivity contribution in [3.05, 3.63) is 115 Å². The van der Waals surface area contributed by atoms with E-state index in [9.17, 15) is 0 Å². The number of rotatable bonds is 1. The van der Waals surface area contributed by atoms with E-state index in [0.29, 0.717) is 0 Å². The molecule has 0 atom stereocenters. The SMILES string of the molecule is c1ccc(-n2c3ccc4ccccc4c3c3ccc4c(sc5ccc6ccccc6c54)c32)cc1. The topological polar surface area (TPSA) is 4.93 Å². The fraction of sp³-hybridized carbons (Fsp3) is 0. The molecule has 0 amide bonds. The van der Waals surface area contributed by atoms with Crippen LogP contribution in [0.15, 0.2) is 115 Å². The average Bonchev–Trinajstić information content (AvgIpc) is 3.45. The van der Waals surface area contributed by atoms with E-state index in [1.807, 2.05) is 11.3 Å². The molecule has 8 rings (SSSR count). The van der Waals surface area contributed by atoms with Crippen LogP contribution in [0.4, 0.5) is 0 Å². The lowest BCUT2D eigenvalue weighted by Crippen LogP contribution is -1.93. The van der Waals surface area contributed by atoms with Crippen molar-refractivity contribution in [1.82, 2.24) is 4.57 Å². The molecule has 0 aliphatic carbocycles. The molecule has 0 saturated heterocycles. The van der Waals surface area contributed by atoms with Gasteiger partial charge in [-0.1, -0.05) is 91.0 Å². The van der Waals surface area contributed by atoms with Crippen LogP contribution in [0.2, 0.25) is 0 Å². The molecular weight excluding hydrogens is 430 g/mol. The fourth-order valence-corrected chi connectivity index (χ4v) is 6.97. The zero-order chi connectivity index (χ0) is 22.2. The number of benzene rings is 6. The molecule has 1 nitrogen and oxygen atoms in total. The molecular formula is C32H19NS. The van der Waals surface area contributed by atoms with Gasteiger partial charge in [-0.15, -0.1) is 11.3 Å². The Labute approximate surface area is 200 Å². The molecule has 0 unspecified atom stereocenters. The van der Waals surface area contributed by atoms with Crippen molar-refractivity contribution in [2.45, 2.75) is 0 Å². The molecule has 6 aromatic carbocycles. The summed E-state index contributed by atoms with van der Waals surface area (Å²) in [6.07, 6.45) is 0. The van der Waals surface area contributed by atoms with Crippen molar-refractivity contribution in [2.24, 2.45) is 0 Å². The van der Waals surface area contributed by atoms with E-state index in [4.69, 9.17) is 0 Å². The van der Waals surface area contributed by atoms with E-state index in [2.05, 4.69) is 120 Å². The predicted octanol–water partition coefficient (Wildman–Crippen LogP) is 9.46. The van der Waals surface area contributed by atoms with Crippen molar-refractivity contribution in [3.63, 3.8) is 0 Å². The van der Waals surface area contributed by atoms with E-state index in [0.717, 1.165) is 0 Å². The van der Waals surface area contributed by atoms with Crippen LogP contribution in [0.5, 0.6) is 0 Å². The van der Waals surface area contributed by atoms with E-state index >= 15 is 0 Å².